The summed E-state index contributed by atoms with van der Waals surface area (Å²) in [4.78, 5) is 0. The molecular weight excluding hydrogens is 238 g/mol. The summed E-state index contributed by atoms with van der Waals surface area (Å²) in [6.45, 7) is 1.41. The summed E-state index contributed by atoms with van der Waals surface area (Å²) < 4.78 is 11.0. The fourth-order valence-electron chi connectivity index (χ4n) is 1.62. The van der Waals surface area contributed by atoms with E-state index in [4.69, 9.17) is 20.3 Å². The molecule has 2 rings (SSSR count). The molecule has 0 aromatic heterocycles. The molecule has 0 aliphatic carbocycles. The van der Waals surface area contributed by atoms with Crippen molar-refractivity contribution >= 4 is 17.4 Å². The molecule has 94 valence electrons. The van der Waals surface area contributed by atoms with E-state index in [2.05, 4.69) is 0 Å². The number of ether oxygens (including phenoxy) is 2. The molecule has 1 heterocycles. The summed E-state index contributed by atoms with van der Waals surface area (Å²) in [7, 11) is 0. The summed E-state index contributed by atoms with van der Waals surface area (Å²) in [5, 5.41) is 8.70. The Bertz CT molecular complexity index is 384. The Kier molecular flexibility index (Phi) is 4.39. The van der Waals surface area contributed by atoms with Crippen molar-refractivity contribution in [2.24, 2.45) is 0 Å². The number of nitrogen functional groups attached to an aromatic ring is 1. The van der Waals surface area contributed by atoms with Gasteiger partial charge in [0.25, 0.3) is 0 Å². The van der Waals surface area contributed by atoms with Crippen LogP contribution in [0.3, 0.4) is 0 Å². The van der Waals surface area contributed by atoms with Gasteiger partial charge >= 0.3 is 0 Å². The second-order valence-electron chi connectivity index (χ2n) is 3.82. The molecule has 0 fully saturated rings. The third kappa shape index (κ3) is 3.20. The number of nitrogens with two attached hydrogens (primary N) is 1. The van der Waals surface area contributed by atoms with E-state index in [1.807, 2.05) is 12.1 Å². The Morgan fingerprint density at radius 2 is 1.94 bits per heavy atom. The summed E-state index contributed by atoms with van der Waals surface area (Å²) in [6, 6.07) is 3.78. The fourth-order valence-corrected chi connectivity index (χ4v) is 2.57. The number of anilines is 1. The quantitative estimate of drug-likeness (QED) is 0.619. The average Bonchev–Trinajstić information content (AvgIpc) is 2.35. The molecule has 17 heavy (non-hydrogen) atoms. The number of thioether (sulfide) groups is 1. The predicted molar refractivity (Wildman–Crippen MR) is 69.7 cm³/mol. The Morgan fingerprint density at radius 1 is 1.24 bits per heavy atom. The highest BCUT2D eigenvalue weighted by atomic mass is 32.2. The number of aliphatic hydroxyl groups excluding tert-OH is 1. The second kappa shape index (κ2) is 6.02. The Balaban J connectivity index is 2.01. The molecule has 0 saturated heterocycles. The first-order valence-electron chi connectivity index (χ1n) is 5.68. The van der Waals surface area contributed by atoms with Gasteiger partial charge in [-0.2, -0.15) is 11.8 Å². The predicted octanol–water partition coefficient (Wildman–Crippen LogP) is 1.66. The van der Waals surface area contributed by atoms with Crippen LogP contribution in [0.25, 0.3) is 0 Å². The molecule has 3 N–H and O–H groups in total. The Morgan fingerprint density at radius 3 is 2.65 bits per heavy atom. The highest BCUT2D eigenvalue weighted by Gasteiger charge is 2.14. The zero-order valence-corrected chi connectivity index (χ0v) is 10.5. The third-order valence-electron chi connectivity index (χ3n) is 2.51. The lowest BCUT2D eigenvalue weighted by Gasteiger charge is -2.20. The van der Waals surface area contributed by atoms with Gasteiger partial charge in [-0.05, 0) is 23.8 Å². The fraction of sp³-hybridized carbons (Fsp3) is 0.500. The topological polar surface area (TPSA) is 64.7 Å². The molecule has 4 nitrogen and oxygen atoms in total. The SMILES string of the molecule is Nc1cc2c(cc1CSCCCO)OCCO2. The van der Waals surface area contributed by atoms with Gasteiger partial charge in [0.2, 0.25) is 0 Å². The number of hydrogen-bond acceptors (Lipinski definition) is 5. The van der Waals surface area contributed by atoms with E-state index in [0.29, 0.717) is 13.2 Å². The molecule has 0 spiro atoms. The first-order valence-corrected chi connectivity index (χ1v) is 6.83. The number of benzene rings is 1. The van der Waals surface area contributed by atoms with Crippen LogP contribution in [0.2, 0.25) is 0 Å². The Hall–Kier alpha value is -1.07. The van der Waals surface area contributed by atoms with Crippen LogP contribution in [-0.4, -0.2) is 30.7 Å². The first-order chi connectivity index (χ1) is 8.31. The second-order valence-corrected chi connectivity index (χ2v) is 4.93. The van der Waals surface area contributed by atoms with Crippen LogP contribution in [0.1, 0.15) is 12.0 Å². The van der Waals surface area contributed by atoms with E-state index < -0.39 is 0 Å². The van der Waals surface area contributed by atoms with E-state index in [0.717, 1.165) is 40.7 Å². The minimum absolute atomic E-state index is 0.240. The molecule has 0 unspecified atom stereocenters. The van der Waals surface area contributed by atoms with Gasteiger partial charge in [-0.3, -0.25) is 0 Å². The van der Waals surface area contributed by atoms with E-state index in [1.165, 1.54) is 0 Å². The van der Waals surface area contributed by atoms with Crippen molar-refractivity contribution in [3.63, 3.8) is 0 Å². The lowest BCUT2D eigenvalue weighted by molar-refractivity contribution is 0.171. The molecule has 0 amide bonds. The van der Waals surface area contributed by atoms with Crippen LogP contribution in [0.15, 0.2) is 12.1 Å². The van der Waals surface area contributed by atoms with Gasteiger partial charge in [0, 0.05) is 24.1 Å². The molecule has 0 bridgehead atoms. The lowest BCUT2D eigenvalue weighted by atomic mass is 10.2. The van der Waals surface area contributed by atoms with Gasteiger partial charge in [0.1, 0.15) is 13.2 Å². The molecular formula is C12H17NO3S. The average molecular weight is 255 g/mol. The first kappa shape index (κ1) is 12.4. The van der Waals surface area contributed by atoms with Gasteiger partial charge in [0.05, 0.1) is 0 Å². The lowest BCUT2D eigenvalue weighted by Crippen LogP contribution is -2.15. The summed E-state index contributed by atoms with van der Waals surface area (Å²) in [6.07, 6.45) is 0.815. The van der Waals surface area contributed by atoms with Crippen LogP contribution >= 0.6 is 11.8 Å². The molecule has 0 saturated carbocycles. The summed E-state index contributed by atoms with van der Waals surface area (Å²) in [5.41, 5.74) is 7.77. The zero-order chi connectivity index (χ0) is 12.1. The van der Waals surface area contributed by atoms with Crippen LogP contribution in [0.5, 0.6) is 11.5 Å². The zero-order valence-electron chi connectivity index (χ0n) is 9.65. The third-order valence-corrected chi connectivity index (χ3v) is 3.60. The van der Waals surface area contributed by atoms with Gasteiger partial charge in [-0.1, -0.05) is 0 Å². The van der Waals surface area contributed by atoms with E-state index in [9.17, 15) is 0 Å². The Labute approximate surface area is 105 Å². The van der Waals surface area contributed by atoms with E-state index in [1.54, 1.807) is 11.8 Å². The highest BCUT2D eigenvalue weighted by molar-refractivity contribution is 7.98. The minimum Gasteiger partial charge on any atom is -0.486 e. The van der Waals surface area contributed by atoms with Crippen molar-refractivity contribution in [3.05, 3.63) is 17.7 Å². The van der Waals surface area contributed by atoms with Crippen molar-refractivity contribution in [2.75, 3.05) is 31.3 Å². The van der Waals surface area contributed by atoms with E-state index >= 15 is 0 Å². The van der Waals surface area contributed by atoms with Crippen LogP contribution in [0.4, 0.5) is 5.69 Å². The standard InChI is InChI=1S/C12H17NO3S/c13-10-7-12-11(15-3-4-16-12)6-9(10)8-17-5-1-2-14/h6-7,14H,1-5,8,13H2. The normalized spacial score (nSPS) is 13.7. The molecule has 1 aliphatic heterocycles. The van der Waals surface area contributed by atoms with E-state index in [-0.39, 0.29) is 6.61 Å². The van der Waals surface area contributed by atoms with Crippen LogP contribution < -0.4 is 15.2 Å². The number of aliphatic hydroxyl groups is 1. The summed E-state index contributed by atoms with van der Waals surface area (Å²) in [5.74, 6) is 3.29. The van der Waals surface area contributed by atoms with Crippen molar-refractivity contribution in [1.29, 1.82) is 0 Å². The van der Waals surface area contributed by atoms with Gasteiger partial charge in [-0.15, -0.1) is 0 Å². The van der Waals surface area contributed by atoms with Gasteiger partial charge in [-0.25, -0.2) is 0 Å². The maximum Gasteiger partial charge on any atom is 0.163 e. The van der Waals surface area contributed by atoms with Crippen molar-refractivity contribution < 1.29 is 14.6 Å². The number of rotatable bonds is 5. The van der Waals surface area contributed by atoms with Gasteiger partial charge < -0.3 is 20.3 Å². The molecule has 0 radical (unpaired) electrons. The highest BCUT2D eigenvalue weighted by Crippen LogP contribution is 2.35. The maximum atomic E-state index is 8.70. The molecule has 1 aromatic rings. The van der Waals surface area contributed by atoms with Crippen LogP contribution in [-0.2, 0) is 5.75 Å². The van der Waals surface area contributed by atoms with Crippen molar-refractivity contribution in [1.82, 2.24) is 0 Å². The summed E-state index contributed by atoms with van der Waals surface area (Å²) >= 11 is 1.76. The van der Waals surface area contributed by atoms with Crippen molar-refractivity contribution in [2.45, 2.75) is 12.2 Å². The largest absolute Gasteiger partial charge is 0.486 e. The number of hydrogen-bond donors (Lipinski definition) is 2. The van der Waals surface area contributed by atoms with Gasteiger partial charge in [0.15, 0.2) is 11.5 Å². The number of fused-ring (bicyclic) bond motifs is 1. The monoisotopic (exact) mass is 255 g/mol. The molecule has 1 aromatic carbocycles. The molecule has 5 heteroatoms. The maximum absolute atomic E-state index is 8.70. The van der Waals surface area contributed by atoms with Crippen molar-refractivity contribution in [3.8, 4) is 11.5 Å². The minimum atomic E-state index is 0.240. The smallest absolute Gasteiger partial charge is 0.163 e. The molecule has 1 aliphatic rings. The molecule has 0 atom stereocenters. The van der Waals surface area contributed by atoms with Crippen LogP contribution in [0, 0.1) is 0 Å².